The predicted molar refractivity (Wildman–Crippen MR) is 61.9 cm³/mol. The van der Waals surface area contributed by atoms with E-state index in [0.717, 1.165) is 11.1 Å². The quantitative estimate of drug-likeness (QED) is 0.470. The van der Waals surface area contributed by atoms with Gasteiger partial charge in [0.15, 0.2) is 0 Å². The molecule has 2 rings (SSSR count). The fraction of sp³-hybridized carbons (Fsp3) is 0. The maximum absolute atomic E-state index is 3.03. The van der Waals surface area contributed by atoms with Crippen molar-refractivity contribution in [1.82, 2.24) is 0 Å². The molecule has 0 radical (unpaired) electrons. The molecular weight excluding hydrogens is 180 g/mol. The first-order chi connectivity index (χ1) is 7.45. The third-order valence-electron chi connectivity index (χ3n) is 1.96. The van der Waals surface area contributed by atoms with Crippen molar-refractivity contribution in [3.05, 3.63) is 89.7 Å². The van der Waals surface area contributed by atoms with E-state index in [0.29, 0.717) is 0 Å². The zero-order valence-electron chi connectivity index (χ0n) is 8.27. The minimum absolute atomic E-state index is 1.01. The van der Waals surface area contributed by atoms with Gasteiger partial charge in [-0.2, -0.15) is 5.73 Å². The van der Waals surface area contributed by atoms with Crippen LogP contribution in [0, 0.1) is 12.5 Å². The van der Waals surface area contributed by atoms with Gasteiger partial charge in [-0.15, -0.1) is 35.6 Å². The van der Waals surface area contributed by atoms with Gasteiger partial charge in [-0.25, -0.2) is 0 Å². The van der Waals surface area contributed by atoms with E-state index in [-0.39, 0.29) is 0 Å². The minimum Gasteiger partial charge on any atom is -0.178 e. The average molecular weight is 190 g/mol. The summed E-state index contributed by atoms with van der Waals surface area (Å²) in [4.78, 5) is 0. The molecule has 0 heterocycles. The van der Waals surface area contributed by atoms with Crippen molar-refractivity contribution in [2.24, 2.45) is 0 Å². The van der Waals surface area contributed by atoms with Crippen molar-refractivity contribution in [3.8, 4) is 0 Å². The van der Waals surface area contributed by atoms with E-state index in [1.54, 1.807) is 0 Å². The fourth-order valence-corrected chi connectivity index (χ4v) is 1.22. The zero-order chi connectivity index (χ0) is 10.3. The lowest BCUT2D eigenvalue weighted by Gasteiger charge is -1.94. The maximum Gasteiger partial charge on any atom is 0.0846 e. The molecule has 0 bridgehead atoms. The Morgan fingerprint density at radius 3 is 2.47 bits per heavy atom. The second-order valence-electron chi connectivity index (χ2n) is 3.11. The van der Waals surface area contributed by atoms with E-state index in [2.05, 4.69) is 17.5 Å². The second kappa shape index (κ2) is 4.93. The summed E-state index contributed by atoms with van der Waals surface area (Å²) in [6.45, 7) is 0. The first-order valence-electron chi connectivity index (χ1n) is 4.82. The van der Waals surface area contributed by atoms with Gasteiger partial charge < -0.3 is 0 Å². The molecule has 0 amide bonds. The molecule has 0 heteroatoms. The normalized spacial score (nSPS) is 12.7. The predicted octanol–water partition coefficient (Wildman–Crippen LogP) is 3.40. The van der Waals surface area contributed by atoms with Gasteiger partial charge in [0.05, 0.1) is 5.57 Å². The van der Waals surface area contributed by atoms with Gasteiger partial charge in [0, 0.05) is 30.7 Å². The fourth-order valence-electron chi connectivity index (χ4n) is 1.22. The highest BCUT2D eigenvalue weighted by molar-refractivity contribution is 5.38. The summed E-state index contributed by atoms with van der Waals surface area (Å²) in [5.41, 5.74) is 7.98. The van der Waals surface area contributed by atoms with Gasteiger partial charge >= 0.3 is 0 Å². The number of benzene rings is 1. The Balaban J connectivity index is 2.24. The highest BCUT2D eigenvalue weighted by atomic mass is 13.9. The molecule has 15 heavy (non-hydrogen) atoms. The molecule has 1 aliphatic rings. The van der Waals surface area contributed by atoms with Gasteiger partial charge in [0.25, 0.3) is 0 Å². The first kappa shape index (κ1) is 9.43. The Kier molecular flexibility index (Phi) is 3.10. The maximum atomic E-state index is 3.03. The lowest BCUT2D eigenvalue weighted by molar-refractivity contribution is 1.56. The SMILES string of the molecule is C(=C=C1C=C[CH+]C=C1)=[C-]c1ccccc1. The van der Waals surface area contributed by atoms with Crippen LogP contribution < -0.4 is 0 Å². The molecule has 1 aromatic rings. The molecule has 1 aromatic carbocycles. The van der Waals surface area contributed by atoms with Crippen LogP contribution in [0.3, 0.4) is 0 Å². The number of rotatable bonds is 1. The lowest BCUT2D eigenvalue weighted by atomic mass is 10.1. The van der Waals surface area contributed by atoms with Crippen molar-refractivity contribution in [2.75, 3.05) is 0 Å². The Labute approximate surface area is 90.3 Å². The molecule has 0 aliphatic heterocycles. The Morgan fingerprint density at radius 2 is 1.73 bits per heavy atom. The number of allylic oxidation sites excluding steroid dienone is 5. The lowest BCUT2D eigenvalue weighted by Crippen LogP contribution is -1.74. The highest BCUT2D eigenvalue weighted by Gasteiger charge is 1.93. The largest absolute Gasteiger partial charge is 0.178 e. The summed E-state index contributed by atoms with van der Waals surface area (Å²) in [6, 6.07) is 9.91. The first-order valence-corrected chi connectivity index (χ1v) is 4.82. The summed E-state index contributed by atoms with van der Waals surface area (Å²) in [5, 5.41) is 0. The minimum atomic E-state index is 1.01. The molecule has 0 N–H and O–H groups in total. The van der Waals surface area contributed by atoms with Crippen molar-refractivity contribution < 1.29 is 0 Å². The van der Waals surface area contributed by atoms with E-state index < -0.39 is 0 Å². The molecule has 1 aliphatic carbocycles. The molecular formula is C15H10. The second-order valence-corrected chi connectivity index (χ2v) is 3.11. The van der Waals surface area contributed by atoms with Crippen molar-refractivity contribution in [2.45, 2.75) is 0 Å². The van der Waals surface area contributed by atoms with Crippen LogP contribution in [0.2, 0.25) is 0 Å². The van der Waals surface area contributed by atoms with Gasteiger partial charge in [-0.05, 0) is 0 Å². The Bertz CT molecular complexity index is 460. The zero-order valence-corrected chi connectivity index (χ0v) is 8.27. The molecule has 0 saturated heterocycles. The van der Waals surface area contributed by atoms with Crippen molar-refractivity contribution in [1.29, 1.82) is 0 Å². The summed E-state index contributed by atoms with van der Waals surface area (Å²) in [5.74, 6) is 0. The van der Waals surface area contributed by atoms with Crippen LogP contribution in [-0.4, -0.2) is 0 Å². The molecule has 70 valence electrons. The van der Waals surface area contributed by atoms with E-state index in [1.165, 1.54) is 0 Å². The molecule has 0 aromatic heterocycles. The van der Waals surface area contributed by atoms with Crippen LogP contribution in [0.25, 0.3) is 0 Å². The summed E-state index contributed by atoms with van der Waals surface area (Å²) < 4.78 is 0. The van der Waals surface area contributed by atoms with Gasteiger partial charge in [-0.1, -0.05) is 12.1 Å². The monoisotopic (exact) mass is 190 g/mol. The van der Waals surface area contributed by atoms with Crippen LogP contribution in [0.1, 0.15) is 5.56 Å². The smallest absolute Gasteiger partial charge is 0.0846 e. The third kappa shape index (κ3) is 2.93. The van der Waals surface area contributed by atoms with E-state index >= 15 is 0 Å². The van der Waals surface area contributed by atoms with Crippen LogP contribution in [0.15, 0.2) is 71.7 Å². The molecule has 0 nitrogen and oxygen atoms in total. The average Bonchev–Trinajstić information content (AvgIpc) is 2.32. The highest BCUT2D eigenvalue weighted by Crippen LogP contribution is 2.04. The summed E-state index contributed by atoms with van der Waals surface area (Å²) in [7, 11) is 0. The molecule has 0 fully saturated rings. The van der Waals surface area contributed by atoms with E-state index in [4.69, 9.17) is 0 Å². The number of hydrogen-bond acceptors (Lipinski definition) is 0. The van der Waals surface area contributed by atoms with E-state index in [1.807, 2.05) is 61.1 Å². The Morgan fingerprint density at radius 1 is 1.00 bits per heavy atom. The third-order valence-corrected chi connectivity index (χ3v) is 1.96. The molecule has 0 spiro atoms. The van der Waals surface area contributed by atoms with Crippen LogP contribution >= 0.6 is 0 Å². The number of hydrogen-bond donors (Lipinski definition) is 0. The van der Waals surface area contributed by atoms with Crippen LogP contribution in [-0.2, 0) is 0 Å². The molecule has 0 saturated carbocycles. The van der Waals surface area contributed by atoms with Crippen LogP contribution in [0.5, 0.6) is 0 Å². The van der Waals surface area contributed by atoms with Crippen LogP contribution in [0.4, 0.5) is 0 Å². The standard InChI is InChI=1S/C15H10/c1-3-8-14(9-4-1)12-7-13-15-10-5-2-6-11-15/h1-6,8-11H. The van der Waals surface area contributed by atoms with E-state index in [9.17, 15) is 0 Å². The molecule has 0 atom stereocenters. The van der Waals surface area contributed by atoms with Crippen molar-refractivity contribution in [3.63, 3.8) is 0 Å². The van der Waals surface area contributed by atoms with Gasteiger partial charge in [0.1, 0.15) is 0 Å². The summed E-state index contributed by atoms with van der Waals surface area (Å²) >= 11 is 0. The topological polar surface area (TPSA) is 0 Å². The van der Waals surface area contributed by atoms with Crippen molar-refractivity contribution >= 4 is 0 Å². The summed E-state index contributed by atoms with van der Waals surface area (Å²) in [6.07, 6.45) is 12.9. The molecule has 0 unspecified atom stereocenters. The van der Waals surface area contributed by atoms with Gasteiger partial charge in [-0.3, -0.25) is 0 Å². The Hall–Kier alpha value is -2.13. The van der Waals surface area contributed by atoms with Gasteiger partial charge in [0.2, 0.25) is 0 Å².